The Hall–Kier alpha value is 0.220. The van der Waals surface area contributed by atoms with Gasteiger partial charge in [-0.25, -0.2) is 0 Å². The van der Waals surface area contributed by atoms with E-state index in [0.717, 1.165) is 17.8 Å². The van der Waals surface area contributed by atoms with Crippen molar-refractivity contribution >= 4 is 22.6 Å². The standard InChI is InChI=1S/C11H14IN/c12-10-9-2-7-1-8(3-9)5-11(10,4-7)6-13/h7-10H,1-5H2. The van der Waals surface area contributed by atoms with Crippen molar-refractivity contribution in [1.82, 2.24) is 0 Å². The number of nitriles is 1. The van der Waals surface area contributed by atoms with Gasteiger partial charge in [0.05, 0.1) is 11.5 Å². The number of rotatable bonds is 0. The zero-order valence-corrected chi connectivity index (χ0v) is 9.83. The first kappa shape index (κ1) is 8.52. The molecule has 0 spiro atoms. The first-order valence-electron chi connectivity index (χ1n) is 5.29. The van der Waals surface area contributed by atoms with Crippen LogP contribution in [-0.4, -0.2) is 3.92 Å². The van der Waals surface area contributed by atoms with Gasteiger partial charge in [-0.1, -0.05) is 22.6 Å². The van der Waals surface area contributed by atoms with E-state index in [4.69, 9.17) is 0 Å². The monoisotopic (exact) mass is 287 g/mol. The summed E-state index contributed by atoms with van der Waals surface area (Å²) in [5.41, 5.74) is 0.0926. The highest BCUT2D eigenvalue weighted by Gasteiger charge is 2.56. The second-order valence-electron chi connectivity index (χ2n) is 5.28. The van der Waals surface area contributed by atoms with Crippen molar-refractivity contribution in [3.63, 3.8) is 0 Å². The highest BCUT2D eigenvalue weighted by atomic mass is 127. The quantitative estimate of drug-likeness (QED) is 0.496. The Balaban J connectivity index is 2.01. The summed E-state index contributed by atoms with van der Waals surface area (Å²) in [6.07, 6.45) is 6.71. The van der Waals surface area contributed by atoms with E-state index in [2.05, 4.69) is 28.7 Å². The first-order chi connectivity index (χ1) is 6.23. The largest absolute Gasteiger partial charge is 0.198 e. The summed E-state index contributed by atoms with van der Waals surface area (Å²) in [5, 5.41) is 9.35. The molecule has 2 heteroatoms. The van der Waals surface area contributed by atoms with Gasteiger partial charge < -0.3 is 0 Å². The Morgan fingerprint density at radius 2 is 1.77 bits per heavy atom. The van der Waals surface area contributed by atoms with E-state index < -0.39 is 0 Å². The van der Waals surface area contributed by atoms with E-state index in [1.165, 1.54) is 32.1 Å². The van der Waals surface area contributed by atoms with Crippen molar-refractivity contribution in [3.05, 3.63) is 0 Å². The van der Waals surface area contributed by atoms with Gasteiger partial charge in [-0.15, -0.1) is 0 Å². The van der Waals surface area contributed by atoms with Crippen LogP contribution in [0.1, 0.15) is 32.1 Å². The molecule has 0 saturated heterocycles. The predicted octanol–water partition coefficient (Wildman–Crippen LogP) is 3.14. The number of hydrogen-bond acceptors (Lipinski definition) is 1. The van der Waals surface area contributed by atoms with Crippen molar-refractivity contribution in [1.29, 1.82) is 5.26 Å². The van der Waals surface area contributed by atoms with E-state index in [-0.39, 0.29) is 5.41 Å². The second kappa shape index (κ2) is 2.62. The van der Waals surface area contributed by atoms with Crippen molar-refractivity contribution in [2.75, 3.05) is 0 Å². The molecule has 4 rings (SSSR count). The number of alkyl halides is 1. The zero-order chi connectivity index (χ0) is 9.05. The van der Waals surface area contributed by atoms with Gasteiger partial charge in [-0.05, 0) is 49.9 Å². The molecule has 4 bridgehead atoms. The molecule has 4 aliphatic rings. The molecule has 13 heavy (non-hydrogen) atoms. The molecule has 4 aliphatic carbocycles. The van der Waals surface area contributed by atoms with Crippen LogP contribution in [0.25, 0.3) is 0 Å². The summed E-state index contributed by atoms with van der Waals surface area (Å²) >= 11 is 2.56. The normalized spacial score (nSPS) is 57.8. The molecule has 0 amide bonds. The molecule has 1 nitrogen and oxygen atoms in total. The summed E-state index contributed by atoms with van der Waals surface area (Å²) in [6, 6.07) is 2.65. The van der Waals surface area contributed by atoms with Gasteiger partial charge in [-0.2, -0.15) is 5.26 Å². The SMILES string of the molecule is N#CC12CC3CC(CC(C3)C1I)C2. The molecule has 3 atom stereocenters. The molecule has 0 aromatic carbocycles. The van der Waals surface area contributed by atoms with Crippen LogP contribution >= 0.6 is 22.6 Å². The van der Waals surface area contributed by atoms with Crippen LogP contribution < -0.4 is 0 Å². The van der Waals surface area contributed by atoms with E-state index in [9.17, 15) is 5.26 Å². The Labute approximate surface area is 93.0 Å². The van der Waals surface area contributed by atoms with Crippen molar-refractivity contribution in [3.8, 4) is 6.07 Å². The molecule has 0 aliphatic heterocycles. The summed E-state index contributed by atoms with van der Waals surface area (Å²) in [5.74, 6) is 2.69. The molecule has 0 aromatic heterocycles. The lowest BCUT2D eigenvalue weighted by molar-refractivity contribution is -0.00649. The third kappa shape index (κ3) is 1.03. The highest BCUT2D eigenvalue weighted by Crippen LogP contribution is 2.62. The predicted molar refractivity (Wildman–Crippen MR) is 59.4 cm³/mol. The molecular formula is C11H14IN. The van der Waals surface area contributed by atoms with Crippen molar-refractivity contribution in [2.45, 2.75) is 36.0 Å². The van der Waals surface area contributed by atoms with E-state index in [1.807, 2.05) is 0 Å². The van der Waals surface area contributed by atoms with Gasteiger partial charge >= 0.3 is 0 Å². The average molecular weight is 287 g/mol. The number of halogens is 1. The average Bonchev–Trinajstić information content (AvgIpc) is 2.12. The highest BCUT2D eigenvalue weighted by molar-refractivity contribution is 14.1. The van der Waals surface area contributed by atoms with Crippen LogP contribution in [-0.2, 0) is 0 Å². The van der Waals surface area contributed by atoms with Gasteiger partial charge in [0.15, 0.2) is 0 Å². The smallest absolute Gasteiger partial charge is 0.0701 e. The third-order valence-corrected chi connectivity index (χ3v) is 6.62. The van der Waals surface area contributed by atoms with Crippen LogP contribution in [0.3, 0.4) is 0 Å². The van der Waals surface area contributed by atoms with Crippen LogP contribution in [0.5, 0.6) is 0 Å². The Morgan fingerprint density at radius 1 is 1.15 bits per heavy atom. The summed E-state index contributed by atoms with van der Waals surface area (Å²) in [6.45, 7) is 0. The number of hydrogen-bond donors (Lipinski definition) is 0. The van der Waals surface area contributed by atoms with E-state index >= 15 is 0 Å². The second-order valence-corrected chi connectivity index (χ2v) is 6.62. The molecule has 0 N–H and O–H groups in total. The fourth-order valence-corrected chi connectivity index (χ4v) is 5.37. The Kier molecular flexibility index (Phi) is 1.72. The lowest BCUT2D eigenvalue weighted by Crippen LogP contribution is -2.52. The maximum Gasteiger partial charge on any atom is 0.0701 e. The molecule has 4 fully saturated rings. The van der Waals surface area contributed by atoms with Crippen LogP contribution in [0.2, 0.25) is 0 Å². The minimum atomic E-state index is 0.0926. The first-order valence-corrected chi connectivity index (χ1v) is 6.53. The molecule has 4 saturated carbocycles. The van der Waals surface area contributed by atoms with Gasteiger partial charge in [-0.3, -0.25) is 0 Å². The molecule has 0 aromatic rings. The maximum atomic E-state index is 9.35. The minimum Gasteiger partial charge on any atom is -0.198 e. The summed E-state index contributed by atoms with van der Waals surface area (Å²) in [7, 11) is 0. The lowest BCUT2D eigenvalue weighted by atomic mass is 9.50. The topological polar surface area (TPSA) is 23.8 Å². The van der Waals surface area contributed by atoms with Gasteiger partial charge in [0, 0.05) is 3.92 Å². The fraction of sp³-hybridized carbons (Fsp3) is 0.909. The van der Waals surface area contributed by atoms with Gasteiger partial charge in [0.25, 0.3) is 0 Å². The molecular weight excluding hydrogens is 273 g/mol. The molecule has 3 unspecified atom stereocenters. The number of nitrogens with zero attached hydrogens (tertiary/aromatic N) is 1. The van der Waals surface area contributed by atoms with Crippen LogP contribution in [0.15, 0.2) is 0 Å². The fourth-order valence-electron chi connectivity index (χ4n) is 4.13. The van der Waals surface area contributed by atoms with Crippen LogP contribution in [0.4, 0.5) is 0 Å². The Bertz CT molecular complexity index is 266. The Morgan fingerprint density at radius 3 is 2.31 bits per heavy atom. The van der Waals surface area contributed by atoms with Gasteiger partial charge in [0.1, 0.15) is 0 Å². The summed E-state index contributed by atoms with van der Waals surface area (Å²) < 4.78 is 0.655. The maximum absolute atomic E-state index is 9.35. The molecule has 0 heterocycles. The van der Waals surface area contributed by atoms with E-state index in [0.29, 0.717) is 3.92 Å². The van der Waals surface area contributed by atoms with Crippen molar-refractivity contribution < 1.29 is 0 Å². The zero-order valence-electron chi connectivity index (χ0n) is 7.67. The third-order valence-electron chi connectivity index (χ3n) is 4.41. The lowest BCUT2D eigenvalue weighted by Gasteiger charge is -2.56. The molecule has 70 valence electrons. The van der Waals surface area contributed by atoms with Crippen molar-refractivity contribution in [2.24, 2.45) is 23.2 Å². The minimum absolute atomic E-state index is 0.0926. The summed E-state index contributed by atoms with van der Waals surface area (Å²) in [4.78, 5) is 0. The van der Waals surface area contributed by atoms with Crippen LogP contribution in [0, 0.1) is 34.5 Å². The molecule has 0 radical (unpaired) electrons. The van der Waals surface area contributed by atoms with Gasteiger partial charge in [0.2, 0.25) is 0 Å². The van der Waals surface area contributed by atoms with E-state index in [1.54, 1.807) is 0 Å².